The minimum Gasteiger partial charge on any atom is -0.490 e. The molecule has 0 bridgehead atoms. The van der Waals surface area contributed by atoms with Crippen LogP contribution in [0, 0.1) is 11.3 Å². The van der Waals surface area contributed by atoms with E-state index in [0.29, 0.717) is 24.7 Å². The summed E-state index contributed by atoms with van der Waals surface area (Å²) in [4.78, 5) is 3.85. The Bertz CT molecular complexity index is 289. The van der Waals surface area contributed by atoms with Crippen LogP contribution in [0.25, 0.3) is 0 Å². The summed E-state index contributed by atoms with van der Waals surface area (Å²) in [7, 11) is 1.61. The molecule has 0 radical (unpaired) electrons. The molecule has 0 amide bonds. The van der Waals surface area contributed by atoms with Crippen molar-refractivity contribution in [3.05, 3.63) is 24.0 Å². The number of nitrogens with zero attached hydrogens (tertiary/aromatic N) is 2. The van der Waals surface area contributed by atoms with Crippen LogP contribution in [0.1, 0.15) is 5.69 Å². The average Bonchev–Trinajstić information content (AvgIpc) is 2.19. The highest BCUT2D eigenvalue weighted by Crippen LogP contribution is 2.07. The lowest BCUT2D eigenvalue weighted by molar-refractivity contribution is 0.146. The van der Waals surface area contributed by atoms with Crippen molar-refractivity contribution < 1.29 is 9.47 Å². The van der Waals surface area contributed by atoms with E-state index in [4.69, 9.17) is 14.7 Å². The third kappa shape index (κ3) is 3.09. The fraction of sp³-hybridized carbons (Fsp3) is 0.333. The van der Waals surface area contributed by atoms with Gasteiger partial charge in [-0.05, 0) is 12.1 Å². The maximum Gasteiger partial charge on any atom is 0.140 e. The SMILES string of the molecule is COCCOc1ccc(C#N)nc1. The third-order valence-corrected chi connectivity index (χ3v) is 1.41. The minimum atomic E-state index is 0.388. The Morgan fingerprint density at radius 3 is 2.85 bits per heavy atom. The van der Waals surface area contributed by atoms with Gasteiger partial charge in [-0.3, -0.25) is 0 Å². The first-order valence-corrected chi connectivity index (χ1v) is 3.84. The molecule has 1 heterocycles. The topological polar surface area (TPSA) is 55.1 Å². The highest BCUT2D eigenvalue weighted by atomic mass is 16.5. The van der Waals surface area contributed by atoms with Gasteiger partial charge in [-0.1, -0.05) is 0 Å². The van der Waals surface area contributed by atoms with Crippen molar-refractivity contribution in [2.75, 3.05) is 20.3 Å². The molecule has 0 N–H and O–H groups in total. The molecule has 0 spiro atoms. The van der Waals surface area contributed by atoms with E-state index in [1.165, 1.54) is 6.20 Å². The Morgan fingerprint density at radius 2 is 2.31 bits per heavy atom. The molecule has 0 saturated heterocycles. The van der Waals surface area contributed by atoms with Crippen molar-refractivity contribution >= 4 is 0 Å². The van der Waals surface area contributed by atoms with Crippen LogP contribution in [0.4, 0.5) is 0 Å². The second kappa shape index (κ2) is 5.12. The van der Waals surface area contributed by atoms with Gasteiger partial charge in [0.15, 0.2) is 0 Å². The molecule has 13 heavy (non-hydrogen) atoms. The zero-order chi connectivity index (χ0) is 9.52. The predicted molar refractivity (Wildman–Crippen MR) is 46.3 cm³/mol. The van der Waals surface area contributed by atoms with E-state index in [0.717, 1.165) is 0 Å². The van der Waals surface area contributed by atoms with Gasteiger partial charge in [-0.2, -0.15) is 5.26 Å². The molecule has 0 aliphatic rings. The summed E-state index contributed by atoms with van der Waals surface area (Å²) >= 11 is 0. The van der Waals surface area contributed by atoms with Crippen molar-refractivity contribution in [2.24, 2.45) is 0 Å². The number of ether oxygens (including phenoxy) is 2. The lowest BCUT2D eigenvalue weighted by atomic mass is 10.4. The first-order valence-electron chi connectivity index (χ1n) is 3.84. The van der Waals surface area contributed by atoms with E-state index in [1.807, 2.05) is 6.07 Å². The van der Waals surface area contributed by atoms with Gasteiger partial charge in [0.05, 0.1) is 12.8 Å². The van der Waals surface area contributed by atoms with E-state index < -0.39 is 0 Å². The molecule has 1 rings (SSSR count). The lowest BCUT2D eigenvalue weighted by Gasteiger charge is -2.03. The summed E-state index contributed by atoms with van der Waals surface area (Å²) in [6, 6.07) is 5.25. The number of pyridine rings is 1. The number of hydrogen-bond donors (Lipinski definition) is 0. The first-order chi connectivity index (χ1) is 6.36. The number of aromatic nitrogens is 1. The molecule has 4 nitrogen and oxygen atoms in total. The summed E-state index contributed by atoms with van der Waals surface area (Å²) in [6.07, 6.45) is 1.52. The molecule has 1 aromatic rings. The molecule has 1 aromatic heterocycles. The maximum atomic E-state index is 8.47. The van der Waals surface area contributed by atoms with Crippen LogP contribution in [0.3, 0.4) is 0 Å². The fourth-order valence-corrected chi connectivity index (χ4v) is 0.775. The number of hydrogen-bond acceptors (Lipinski definition) is 4. The Labute approximate surface area is 76.7 Å². The number of rotatable bonds is 4. The first kappa shape index (κ1) is 9.49. The van der Waals surface area contributed by atoms with Crippen molar-refractivity contribution in [3.8, 4) is 11.8 Å². The van der Waals surface area contributed by atoms with E-state index in [1.54, 1.807) is 19.2 Å². The summed E-state index contributed by atoms with van der Waals surface area (Å²) in [5, 5.41) is 8.47. The molecular formula is C9H10N2O2. The summed E-state index contributed by atoms with van der Waals surface area (Å²) in [6.45, 7) is 1.03. The van der Waals surface area contributed by atoms with Gasteiger partial charge in [0.25, 0.3) is 0 Å². The van der Waals surface area contributed by atoms with Crippen molar-refractivity contribution in [1.29, 1.82) is 5.26 Å². The van der Waals surface area contributed by atoms with Crippen LogP contribution in [0.5, 0.6) is 5.75 Å². The normalized spacial score (nSPS) is 9.23. The van der Waals surface area contributed by atoms with Crippen molar-refractivity contribution in [1.82, 2.24) is 4.98 Å². The van der Waals surface area contributed by atoms with Crippen LogP contribution in [0.2, 0.25) is 0 Å². The highest BCUT2D eigenvalue weighted by molar-refractivity contribution is 5.26. The van der Waals surface area contributed by atoms with Gasteiger partial charge in [0, 0.05) is 7.11 Å². The Kier molecular flexibility index (Phi) is 3.74. The molecule has 0 fully saturated rings. The molecule has 0 unspecified atom stereocenters. The smallest absolute Gasteiger partial charge is 0.140 e. The monoisotopic (exact) mass is 178 g/mol. The molecule has 68 valence electrons. The standard InChI is InChI=1S/C9H10N2O2/c1-12-4-5-13-9-3-2-8(6-10)11-7-9/h2-3,7H,4-5H2,1H3. The average molecular weight is 178 g/mol. The predicted octanol–water partition coefficient (Wildman–Crippen LogP) is 0.978. The Hall–Kier alpha value is -1.60. The van der Waals surface area contributed by atoms with Crippen molar-refractivity contribution in [3.63, 3.8) is 0 Å². The highest BCUT2D eigenvalue weighted by Gasteiger charge is 1.94. The molecular weight excluding hydrogens is 168 g/mol. The van der Waals surface area contributed by atoms with Crippen LogP contribution >= 0.6 is 0 Å². The van der Waals surface area contributed by atoms with Crippen LogP contribution in [0.15, 0.2) is 18.3 Å². The van der Waals surface area contributed by atoms with Crippen LogP contribution < -0.4 is 4.74 Å². The molecule has 0 aromatic carbocycles. The minimum absolute atomic E-state index is 0.388. The third-order valence-electron chi connectivity index (χ3n) is 1.41. The second-order valence-electron chi connectivity index (χ2n) is 2.33. The van der Waals surface area contributed by atoms with E-state index >= 15 is 0 Å². The van der Waals surface area contributed by atoms with Gasteiger partial charge in [-0.25, -0.2) is 4.98 Å². The Morgan fingerprint density at radius 1 is 1.46 bits per heavy atom. The molecule has 0 aliphatic heterocycles. The summed E-state index contributed by atoms with van der Waals surface area (Å²) in [5.41, 5.74) is 0.388. The number of methoxy groups -OCH3 is 1. The van der Waals surface area contributed by atoms with Gasteiger partial charge in [0.2, 0.25) is 0 Å². The molecule has 0 saturated carbocycles. The maximum absolute atomic E-state index is 8.47. The summed E-state index contributed by atoms with van der Waals surface area (Å²) in [5.74, 6) is 0.649. The summed E-state index contributed by atoms with van der Waals surface area (Å²) < 4.78 is 10.1. The van der Waals surface area contributed by atoms with Gasteiger partial charge in [0.1, 0.15) is 24.1 Å². The zero-order valence-electron chi connectivity index (χ0n) is 7.36. The van der Waals surface area contributed by atoms with E-state index in [-0.39, 0.29) is 0 Å². The van der Waals surface area contributed by atoms with Gasteiger partial charge >= 0.3 is 0 Å². The quantitative estimate of drug-likeness (QED) is 0.645. The van der Waals surface area contributed by atoms with Crippen LogP contribution in [-0.2, 0) is 4.74 Å². The van der Waals surface area contributed by atoms with Gasteiger partial charge in [-0.15, -0.1) is 0 Å². The molecule has 0 aliphatic carbocycles. The number of nitriles is 1. The largest absolute Gasteiger partial charge is 0.490 e. The van der Waals surface area contributed by atoms with Crippen molar-refractivity contribution in [2.45, 2.75) is 0 Å². The Balaban J connectivity index is 2.46. The lowest BCUT2D eigenvalue weighted by Crippen LogP contribution is -2.04. The fourth-order valence-electron chi connectivity index (χ4n) is 0.775. The van der Waals surface area contributed by atoms with Crippen LogP contribution in [-0.4, -0.2) is 25.3 Å². The zero-order valence-corrected chi connectivity index (χ0v) is 7.36. The van der Waals surface area contributed by atoms with E-state index in [9.17, 15) is 0 Å². The molecule has 0 atom stereocenters. The van der Waals surface area contributed by atoms with Gasteiger partial charge < -0.3 is 9.47 Å². The molecule has 4 heteroatoms. The van der Waals surface area contributed by atoms with E-state index in [2.05, 4.69) is 4.98 Å². The second-order valence-corrected chi connectivity index (χ2v) is 2.33.